The van der Waals surface area contributed by atoms with Gasteiger partial charge < -0.3 is 15.2 Å². The van der Waals surface area contributed by atoms with Crippen LogP contribution in [0.15, 0.2) is 12.2 Å². The Hall–Kier alpha value is -2.15. The highest BCUT2D eigenvalue weighted by Gasteiger charge is 2.36. The SMILES string of the molecule is CC(C)OC(=O)c1c(NC(=O)C2CC=CCC2C(=O)O)sc2c1CCC2. The van der Waals surface area contributed by atoms with Gasteiger partial charge >= 0.3 is 11.9 Å². The molecule has 2 aliphatic rings. The number of fused-ring (bicyclic) bond motifs is 1. The molecule has 1 heterocycles. The molecule has 26 heavy (non-hydrogen) atoms. The summed E-state index contributed by atoms with van der Waals surface area (Å²) in [5, 5.41) is 12.7. The van der Waals surface area contributed by atoms with Gasteiger partial charge in [-0.1, -0.05) is 12.2 Å². The third kappa shape index (κ3) is 3.67. The Labute approximate surface area is 156 Å². The molecular weight excluding hydrogens is 354 g/mol. The quantitative estimate of drug-likeness (QED) is 0.606. The van der Waals surface area contributed by atoms with Crippen LogP contribution in [0.3, 0.4) is 0 Å². The lowest BCUT2D eigenvalue weighted by Gasteiger charge is -2.24. The number of carboxylic acids is 1. The molecule has 2 atom stereocenters. The number of carboxylic acid groups (broad SMARTS) is 1. The van der Waals surface area contributed by atoms with Crippen molar-refractivity contribution in [2.45, 2.75) is 52.1 Å². The lowest BCUT2D eigenvalue weighted by molar-refractivity contribution is -0.146. The summed E-state index contributed by atoms with van der Waals surface area (Å²) in [6.45, 7) is 3.57. The number of hydrogen-bond donors (Lipinski definition) is 2. The molecule has 0 spiro atoms. The lowest BCUT2D eigenvalue weighted by Crippen LogP contribution is -2.34. The number of allylic oxidation sites excluding steroid dienone is 2. The second kappa shape index (κ2) is 7.61. The van der Waals surface area contributed by atoms with Crippen molar-refractivity contribution in [3.63, 3.8) is 0 Å². The van der Waals surface area contributed by atoms with Crippen molar-refractivity contribution in [1.82, 2.24) is 0 Å². The van der Waals surface area contributed by atoms with Gasteiger partial charge in [-0.05, 0) is 51.5 Å². The van der Waals surface area contributed by atoms with E-state index in [-0.39, 0.29) is 12.0 Å². The van der Waals surface area contributed by atoms with Gasteiger partial charge in [0, 0.05) is 4.88 Å². The monoisotopic (exact) mass is 377 g/mol. The highest BCUT2D eigenvalue weighted by atomic mass is 32.1. The Morgan fingerprint density at radius 3 is 2.54 bits per heavy atom. The molecule has 0 aromatic carbocycles. The maximum Gasteiger partial charge on any atom is 0.341 e. The minimum Gasteiger partial charge on any atom is -0.481 e. The average molecular weight is 377 g/mol. The molecule has 2 unspecified atom stereocenters. The van der Waals surface area contributed by atoms with Crippen LogP contribution in [0, 0.1) is 11.8 Å². The first-order valence-electron chi connectivity index (χ1n) is 8.92. The van der Waals surface area contributed by atoms with Gasteiger partial charge in [0.2, 0.25) is 5.91 Å². The Morgan fingerprint density at radius 1 is 1.19 bits per heavy atom. The summed E-state index contributed by atoms with van der Waals surface area (Å²) in [7, 11) is 0. The van der Waals surface area contributed by atoms with Gasteiger partial charge in [-0.25, -0.2) is 4.79 Å². The molecule has 1 aromatic rings. The molecular formula is C19H23NO5S. The van der Waals surface area contributed by atoms with E-state index >= 15 is 0 Å². The van der Waals surface area contributed by atoms with Crippen molar-refractivity contribution in [2.24, 2.45) is 11.8 Å². The van der Waals surface area contributed by atoms with Gasteiger partial charge in [-0.15, -0.1) is 11.3 Å². The third-order valence-electron chi connectivity index (χ3n) is 4.79. The van der Waals surface area contributed by atoms with Gasteiger partial charge in [0.1, 0.15) is 5.00 Å². The Balaban J connectivity index is 1.85. The molecule has 0 aliphatic heterocycles. The molecule has 140 valence electrons. The van der Waals surface area contributed by atoms with Crippen molar-refractivity contribution in [2.75, 3.05) is 5.32 Å². The summed E-state index contributed by atoms with van der Waals surface area (Å²) in [6, 6.07) is 0. The molecule has 3 rings (SSSR count). The number of carbonyl (C=O) groups excluding carboxylic acids is 2. The maximum atomic E-state index is 12.8. The van der Waals surface area contributed by atoms with E-state index in [0.29, 0.717) is 23.4 Å². The largest absolute Gasteiger partial charge is 0.481 e. The second-order valence-electron chi connectivity index (χ2n) is 7.00. The van der Waals surface area contributed by atoms with Gasteiger partial charge in [-0.2, -0.15) is 0 Å². The van der Waals surface area contributed by atoms with Crippen molar-refractivity contribution in [3.05, 3.63) is 28.2 Å². The highest BCUT2D eigenvalue weighted by molar-refractivity contribution is 7.17. The fourth-order valence-electron chi connectivity index (χ4n) is 3.56. The first-order chi connectivity index (χ1) is 12.4. The summed E-state index contributed by atoms with van der Waals surface area (Å²) in [5.74, 6) is -3.11. The Kier molecular flexibility index (Phi) is 5.46. The zero-order valence-electron chi connectivity index (χ0n) is 14.9. The summed E-state index contributed by atoms with van der Waals surface area (Å²) in [6.07, 6.45) is 6.81. The second-order valence-corrected chi connectivity index (χ2v) is 8.10. The molecule has 0 bridgehead atoms. The number of carbonyl (C=O) groups is 3. The third-order valence-corrected chi connectivity index (χ3v) is 6.00. The Morgan fingerprint density at radius 2 is 1.88 bits per heavy atom. The number of aliphatic carboxylic acids is 1. The standard InChI is InChI=1S/C19H23NO5S/c1-10(2)25-19(24)15-13-8-5-9-14(13)26-17(15)20-16(21)11-6-3-4-7-12(11)18(22)23/h3-4,10-12H,5-9H2,1-2H3,(H,20,21)(H,22,23). The maximum absolute atomic E-state index is 12.8. The molecule has 0 saturated carbocycles. The number of hydrogen-bond acceptors (Lipinski definition) is 5. The predicted octanol–water partition coefficient (Wildman–Crippen LogP) is 3.41. The van der Waals surface area contributed by atoms with Crippen molar-refractivity contribution < 1.29 is 24.2 Å². The molecule has 2 N–H and O–H groups in total. The molecule has 1 aromatic heterocycles. The minimum atomic E-state index is -0.970. The van der Waals surface area contributed by atoms with E-state index in [4.69, 9.17) is 4.74 Å². The Bertz CT molecular complexity index is 764. The number of rotatable bonds is 5. The lowest BCUT2D eigenvalue weighted by atomic mass is 9.82. The van der Waals surface area contributed by atoms with Gasteiger partial charge in [0.25, 0.3) is 0 Å². The first kappa shape index (κ1) is 18.6. The number of amides is 1. The summed E-state index contributed by atoms with van der Waals surface area (Å²) >= 11 is 1.41. The number of esters is 1. The fourth-order valence-corrected chi connectivity index (χ4v) is 4.84. The van der Waals surface area contributed by atoms with E-state index in [1.165, 1.54) is 11.3 Å². The van der Waals surface area contributed by atoms with Crippen LogP contribution in [0.1, 0.15) is 53.9 Å². The number of anilines is 1. The van der Waals surface area contributed by atoms with Gasteiger partial charge in [0.15, 0.2) is 0 Å². The van der Waals surface area contributed by atoms with Crippen LogP contribution < -0.4 is 5.32 Å². The summed E-state index contributed by atoms with van der Waals surface area (Å²) in [4.78, 5) is 37.9. The van der Waals surface area contributed by atoms with Crippen LogP contribution in [0.5, 0.6) is 0 Å². The van der Waals surface area contributed by atoms with Crippen LogP contribution in [0.25, 0.3) is 0 Å². The number of ether oxygens (including phenoxy) is 1. The topological polar surface area (TPSA) is 92.7 Å². The van der Waals surface area contributed by atoms with E-state index in [1.54, 1.807) is 19.9 Å². The predicted molar refractivity (Wildman–Crippen MR) is 98.5 cm³/mol. The molecule has 0 radical (unpaired) electrons. The smallest absolute Gasteiger partial charge is 0.341 e. The van der Waals surface area contributed by atoms with Gasteiger partial charge in [-0.3, -0.25) is 9.59 Å². The minimum absolute atomic E-state index is 0.247. The van der Waals surface area contributed by atoms with E-state index < -0.39 is 23.8 Å². The molecule has 0 fully saturated rings. The summed E-state index contributed by atoms with van der Waals surface area (Å²) < 4.78 is 5.36. The van der Waals surface area contributed by atoms with E-state index in [1.807, 2.05) is 6.08 Å². The highest BCUT2D eigenvalue weighted by Crippen LogP contribution is 2.40. The van der Waals surface area contributed by atoms with Crippen LogP contribution in [0.2, 0.25) is 0 Å². The van der Waals surface area contributed by atoms with Crippen molar-refractivity contribution in [3.8, 4) is 0 Å². The fraction of sp³-hybridized carbons (Fsp3) is 0.526. The van der Waals surface area contributed by atoms with Crippen molar-refractivity contribution >= 4 is 34.2 Å². The van der Waals surface area contributed by atoms with Crippen LogP contribution in [-0.4, -0.2) is 29.1 Å². The molecule has 1 amide bonds. The van der Waals surface area contributed by atoms with Crippen LogP contribution in [-0.2, 0) is 27.2 Å². The van der Waals surface area contributed by atoms with Gasteiger partial charge in [0.05, 0.1) is 23.5 Å². The molecule has 2 aliphatic carbocycles. The number of aryl methyl sites for hydroxylation is 1. The van der Waals surface area contributed by atoms with E-state index in [9.17, 15) is 19.5 Å². The first-order valence-corrected chi connectivity index (χ1v) is 9.74. The molecule has 0 saturated heterocycles. The molecule has 6 nitrogen and oxygen atoms in total. The van der Waals surface area contributed by atoms with E-state index in [0.717, 1.165) is 29.7 Å². The van der Waals surface area contributed by atoms with Crippen molar-refractivity contribution in [1.29, 1.82) is 0 Å². The van der Waals surface area contributed by atoms with Crippen LogP contribution in [0.4, 0.5) is 5.00 Å². The van der Waals surface area contributed by atoms with E-state index in [2.05, 4.69) is 5.32 Å². The summed E-state index contributed by atoms with van der Waals surface area (Å²) in [5.41, 5.74) is 1.41. The number of thiophene rings is 1. The zero-order valence-corrected chi connectivity index (χ0v) is 15.7. The number of nitrogens with one attached hydrogen (secondary N) is 1. The molecule has 7 heteroatoms. The zero-order chi connectivity index (χ0) is 18.8. The normalized spacial score (nSPS) is 21.5. The van der Waals surface area contributed by atoms with Crippen LogP contribution >= 0.6 is 11.3 Å². The average Bonchev–Trinajstić information content (AvgIpc) is 3.14.